The van der Waals surface area contributed by atoms with E-state index in [0.29, 0.717) is 13.0 Å². The van der Waals surface area contributed by atoms with Crippen LogP contribution in [0.3, 0.4) is 0 Å². The van der Waals surface area contributed by atoms with E-state index in [1.807, 2.05) is 0 Å². The molecule has 1 atom stereocenters. The Bertz CT molecular complexity index is 423. The van der Waals surface area contributed by atoms with E-state index < -0.39 is 0 Å². The van der Waals surface area contributed by atoms with Crippen LogP contribution in [0.4, 0.5) is 0 Å². The summed E-state index contributed by atoms with van der Waals surface area (Å²) < 4.78 is 5.89. The summed E-state index contributed by atoms with van der Waals surface area (Å²) in [6.07, 6.45) is 4.24. The van der Waals surface area contributed by atoms with Gasteiger partial charge in [0.25, 0.3) is 0 Å². The van der Waals surface area contributed by atoms with E-state index in [4.69, 9.17) is 15.7 Å². The minimum Gasteiger partial charge on any atom is -0.493 e. The van der Waals surface area contributed by atoms with Crippen molar-refractivity contribution in [2.75, 3.05) is 6.61 Å². The summed E-state index contributed by atoms with van der Waals surface area (Å²) in [7, 11) is 0. The average Bonchev–Trinajstić information content (AvgIpc) is 2.41. The zero-order valence-corrected chi connectivity index (χ0v) is 12.0. The lowest BCUT2D eigenvalue weighted by Crippen LogP contribution is -2.22. The van der Waals surface area contributed by atoms with Gasteiger partial charge in [0.1, 0.15) is 5.75 Å². The summed E-state index contributed by atoms with van der Waals surface area (Å²) in [4.78, 5) is 0. The lowest BCUT2D eigenvalue weighted by atomic mass is 10.0. The first kappa shape index (κ1) is 15.5. The molecule has 0 aromatic heterocycles. The maximum absolute atomic E-state index is 8.49. The molecule has 1 aromatic rings. The minimum absolute atomic E-state index is 0.183. The van der Waals surface area contributed by atoms with Crippen molar-refractivity contribution in [3.05, 3.63) is 29.3 Å². The van der Waals surface area contributed by atoms with Crippen molar-refractivity contribution in [2.45, 2.75) is 52.0 Å². The van der Waals surface area contributed by atoms with Crippen LogP contribution in [0.25, 0.3) is 0 Å². The molecule has 19 heavy (non-hydrogen) atoms. The molecule has 3 heteroatoms. The number of aryl methyl sites for hydroxylation is 1. The Kier molecular flexibility index (Phi) is 6.99. The van der Waals surface area contributed by atoms with E-state index in [1.54, 1.807) is 0 Å². The molecule has 1 aromatic carbocycles. The molecular formula is C16H24N2O. The van der Waals surface area contributed by atoms with Gasteiger partial charge >= 0.3 is 0 Å². The Balaban J connectivity index is 2.62. The summed E-state index contributed by atoms with van der Waals surface area (Å²) in [5.74, 6) is 0.975. The van der Waals surface area contributed by atoms with Crippen LogP contribution in [0.5, 0.6) is 5.75 Å². The van der Waals surface area contributed by atoms with E-state index in [-0.39, 0.29) is 6.04 Å². The van der Waals surface area contributed by atoms with E-state index in [2.05, 4.69) is 38.1 Å². The van der Waals surface area contributed by atoms with Gasteiger partial charge in [-0.25, -0.2) is 0 Å². The zero-order valence-electron chi connectivity index (χ0n) is 12.0. The highest BCUT2D eigenvalue weighted by atomic mass is 16.5. The number of nitriles is 1. The highest BCUT2D eigenvalue weighted by Gasteiger charge is 2.10. The van der Waals surface area contributed by atoms with E-state index in [1.165, 1.54) is 5.56 Å². The Morgan fingerprint density at radius 2 is 2.16 bits per heavy atom. The standard InChI is InChI=1S/C16H24N2O/c1-3-15(18)12-14-9-7-8-13(2)16(14)19-11-6-4-5-10-17/h7-9,15H,3-6,11-12,18H2,1-2H3. The Morgan fingerprint density at radius 3 is 2.84 bits per heavy atom. The molecule has 1 unspecified atom stereocenters. The van der Waals surface area contributed by atoms with Crippen molar-refractivity contribution in [3.63, 3.8) is 0 Å². The second-order valence-corrected chi connectivity index (χ2v) is 4.90. The van der Waals surface area contributed by atoms with Crippen LogP contribution in [-0.4, -0.2) is 12.6 Å². The fraction of sp³-hybridized carbons (Fsp3) is 0.562. The van der Waals surface area contributed by atoms with Gasteiger partial charge in [0.05, 0.1) is 12.7 Å². The number of hydrogen-bond acceptors (Lipinski definition) is 3. The molecule has 0 saturated heterocycles. The number of nitrogens with two attached hydrogens (primary N) is 1. The third-order valence-corrected chi connectivity index (χ3v) is 3.23. The predicted molar refractivity (Wildman–Crippen MR) is 78.1 cm³/mol. The van der Waals surface area contributed by atoms with Gasteiger partial charge in [0.2, 0.25) is 0 Å². The number of nitrogens with zero attached hydrogens (tertiary/aromatic N) is 1. The van der Waals surface area contributed by atoms with Gasteiger partial charge in [-0.1, -0.05) is 25.1 Å². The second kappa shape index (κ2) is 8.55. The topological polar surface area (TPSA) is 59.0 Å². The fourth-order valence-corrected chi connectivity index (χ4v) is 1.99. The van der Waals surface area contributed by atoms with Crippen LogP contribution in [-0.2, 0) is 6.42 Å². The van der Waals surface area contributed by atoms with Crippen molar-refractivity contribution in [1.82, 2.24) is 0 Å². The molecule has 0 radical (unpaired) electrons. The molecule has 0 aliphatic heterocycles. The molecule has 0 bridgehead atoms. The van der Waals surface area contributed by atoms with Gasteiger partial charge < -0.3 is 10.5 Å². The SMILES string of the molecule is CCC(N)Cc1cccc(C)c1OCCCCC#N. The summed E-state index contributed by atoms with van der Waals surface area (Å²) >= 11 is 0. The van der Waals surface area contributed by atoms with Crippen LogP contribution < -0.4 is 10.5 Å². The van der Waals surface area contributed by atoms with Crippen LogP contribution in [0.15, 0.2) is 18.2 Å². The Morgan fingerprint density at radius 1 is 1.37 bits per heavy atom. The Hall–Kier alpha value is -1.53. The largest absolute Gasteiger partial charge is 0.493 e. The van der Waals surface area contributed by atoms with Gasteiger partial charge in [0, 0.05) is 12.5 Å². The van der Waals surface area contributed by atoms with Gasteiger partial charge in [-0.05, 0) is 43.7 Å². The monoisotopic (exact) mass is 260 g/mol. The van der Waals surface area contributed by atoms with Gasteiger partial charge in [-0.15, -0.1) is 0 Å². The number of unbranched alkanes of at least 4 members (excludes halogenated alkanes) is 2. The highest BCUT2D eigenvalue weighted by molar-refractivity contribution is 5.41. The fourth-order valence-electron chi connectivity index (χ4n) is 1.99. The molecule has 1 rings (SSSR count). The lowest BCUT2D eigenvalue weighted by molar-refractivity contribution is 0.302. The van der Waals surface area contributed by atoms with Crippen molar-refractivity contribution in [2.24, 2.45) is 5.73 Å². The smallest absolute Gasteiger partial charge is 0.125 e. The molecule has 0 amide bonds. The normalized spacial score (nSPS) is 11.9. The lowest BCUT2D eigenvalue weighted by Gasteiger charge is -2.16. The van der Waals surface area contributed by atoms with Crippen molar-refractivity contribution < 1.29 is 4.74 Å². The van der Waals surface area contributed by atoms with E-state index in [0.717, 1.165) is 37.0 Å². The van der Waals surface area contributed by atoms with Crippen LogP contribution in [0, 0.1) is 18.3 Å². The molecule has 104 valence electrons. The van der Waals surface area contributed by atoms with Crippen molar-refractivity contribution in [3.8, 4) is 11.8 Å². The maximum Gasteiger partial charge on any atom is 0.125 e. The third-order valence-electron chi connectivity index (χ3n) is 3.23. The molecule has 2 N–H and O–H groups in total. The molecule has 0 heterocycles. The first-order valence-corrected chi connectivity index (χ1v) is 7.02. The molecule has 0 aliphatic carbocycles. The van der Waals surface area contributed by atoms with Crippen LogP contribution in [0.2, 0.25) is 0 Å². The molecule has 3 nitrogen and oxygen atoms in total. The average molecular weight is 260 g/mol. The van der Waals surface area contributed by atoms with Gasteiger partial charge in [-0.3, -0.25) is 0 Å². The minimum atomic E-state index is 0.183. The number of hydrogen-bond donors (Lipinski definition) is 1. The maximum atomic E-state index is 8.49. The molecule has 0 saturated carbocycles. The first-order valence-electron chi connectivity index (χ1n) is 7.02. The number of para-hydroxylation sites is 1. The van der Waals surface area contributed by atoms with E-state index >= 15 is 0 Å². The summed E-state index contributed by atoms with van der Waals surface area (Å²) in [5.41, 5.74) is 8.37. The first-order chi connectivity index (χ1) is 9.19. The molecule has 0 aliphatic rings. The third kappa shape index (κ3) is 5.32. The molecular weight excluding hydrogens is 236 g/mol. The predicted octanol–water partition coefficient (Wildman–Crippen LogP) is 3.35. The molecule has 0 spiro atoms. The van der Waals surface area contributed by atoms with Gasteiger partial charge in [-0.2, -0.15) is 5.26 Å². The number of ether oxygens (including phenoxy) is 1. The number of rotatable bonds is 8. The van der Waals surface area contributed by atoms with Crippen molar-refractivity contribution in [1.29, 1.82) is 5.26 Å². The summed E-state index contributed by atoms with van der Waals surface area (Å²) in [6.45, 7) is 4.83. The summed E-state index contributed by atoms with van der Waals surface area (Å²) in [5, 5.41) is 8.49. The van der Waals surface area contributed by atoms with Gasteiger partial charge in [0.15, 0.2) is 0 Å². The quantitative estimate of drug-likeness (QED) is 0.729. The second-order valence-electron chi connectivity index (χ2n) is 4.90. The van der Waals surface area contributed by atoms with Crippen molar-refractivity contribution >= 4 is 0 Å². The Labute approximate surface area is 116 Å². The van der Waals surface area contributed by atoms with E-state index in [9.17, 15) is 0 Å². The highest BCUT2D eigenvalue weighted by Crippen LogP contribution is 2.25. The van der Waals surface area contributed by atoms with Crippen LogP contribution >= 0.6 is 0 Å². The summed E-state index contributed by atoms with van der Waals surface area (Å²) in [6, 6.07) is 8.54. The zero-order chi connectivity index (χ0) is 14.1. The molecule has 0 fully saturated rings. The van der Waals surface area contributed by atoms with Crippen LogP contribution in [0.1, 0.15) is 43.7 Å². The number of benzene rings is 1.